The summed E-state index contributed by atoms with van der Waals surface area (Å²) in [5.41, 5.74) is 1.54. The van der Waals surface area contributed by atoms with Crippen molar-refractivity contribution in [2.24, 2.45) is 23.7 Å². The predicted molar refractivity (Wildman–Crippen MR) is 91.6 cm³/mol. The number of nitrogens with one attached hydrogen (secondary N) is 1. The van der Waals surface area contributed by atoms with E-state index in [0.29, 0.717) is 23.7 Å². The fourth-order valence-electron chi connectivity index (χ4n) is 4.78. The maximum absolute atomic E-state index is 12.9. The van der Waals surface area contributed by atoms with E-state index in [-0.39, 0.29) is 24.8 Å². The minimum absolute atomic E-state index is 0. The Bertz CT molecular complexity index is 523. The van der Waals surface area contributed by atoms with E-state index in [4.69, 9.17) is 0 Å². The third kappa shape index (κ3) is 4.41. The van der Waals surface area contributed by atoms with Crippen LogP contribution in [-0.4, -0.2) is 12.6 Å². The summed E-state index contributed by atoms with van der Waals surface area (Å²) in [6.07, 6.45) is 11.0. The summed E-state index contributed by atoms with van der Waals surface area (Å²) >= 11 is -1.60. The molecule has 0 aliphatic heterocycles. The number of hydrogen-bond acceptors (Lipinski definition) is 1. The topological polar surface area (TPSA) is 29.1 Å². The number of fused-ring (bicyclic) bond motifs is 2. The number of carbonyl (C=O) groups is 1. The van der Waals surface area contributed by atoms with Gasteiger partial charge >= 0.3 is 143 Å². The van der Waals surface area contributed by atoms with Crippen LogP contribution in [0.1, 0.15) is 46.0 Å². The van der Waals surface area contributed by atoms with Crippen LogP contribution in [0.3, 0.4) is 0 Å². The van der Waals surface area contributed by atoms with Crippen LogP contribution in [0.15, 0.2) is 21.6 Å². The molecule has 0 heterocycles. The summed E-state index contributed by atoms with van der Waals surface area (Å²) < 4.78 is 5.35. The molecule has 6 heteroatoms. The van der Waals surface area contributed by atoms with Gasteiger partial charge in [0.25, 0.3) is 0 Å². The molecule has 0 spiro atoms. The molecule has 2 fully saturated rings. The molecule has 2 nitrogen and oxygen atoms in total. The molecule has 1 amide bonds. The van der Waals surface area contributed by atoms with E-state index in [1.165, 1.54) is 31.3 Å². The molecule has 3 rings (SSSR count). The number of halogens is 2. The molecular weight excluding hydrogens is 393 g/mol. The Kier molecular flexibility index (Phi) is 8.83. The number of allylic oxidation sites excluding steroid dienone is 4. The Labute approximate surface area is 167 Å². The van der Waals surface area contributed by atoms with E-state index in [9.17, 15) is 4.79 Å². The van der Waals surface area contributed by atoms with Crippen molar-refractivity contribution in [3.05, 3.63) is 21.6 Å². The van der Waals surface area contributed by atoms with Crippen LogP contribution in [0, 0.1) is 23.7 Å². The monoisotopic (exact) mass is 422 g/mol. The maximum atomic E-state index is 12.9. The second-order valence-electron chi connectivity index (χ2n) is 7.78. The van der Waals surface area contributed by atoms with Gasteiger partial charge in [-0.1, -0.05) is 0 Å². The molecule has 2 bridgehead atoms. The molecule has 135 valence electrons. The molecule has 3 aliphatic rings. The Hall–Kier alpha value is 0.461. The summed E-state index contributed by atoms with van der Waals surface area (Å²) in [5, 5.41) is 0. The Morgan fingerprint density at radius 2 is 2.00 bits per heavy atom. The van der Waals surface area contributed by atoms with Crippen LogP contribution in [-0.2, 0) is 22.2 Å². The van der Waals surface area contributed by atoms with Crippen LogP contribution in [0.2, 0.25) is 13.1 Å². The van der Waals surface area contributed by atoms with Gasteiger partial charge in [-0.3, -0.25) is 0 Å². The van der Waals surface area contributed by atoms with Crippen molar-refractivity contribution in [2.75, 3.05) is 0 Å². The first-order chi connectivity index (χ1) is 10.5. The minimum atomic E-state index is -1.60. The number of rotatable bonds is 5. The molecule has 2 saturated carbocycles. The maximum Gasteiger partial charge on any atom is -1.00 e. The fraction of sp³-hybridized carbons (Fsp3) is 0.722. The van der Waals surface area contributed by atoms with Crippen molar-refractivity contribution in [3.63, 3.8) is 0 Å². The molecule has 0 aromatic heterocycles. The van der Waals surface area contributed by atoms with E-state index in [0.717, 1.165) is 12.3 Å². The number of hydrogen-bond donors (Lipinski definition) is 1. The standard InChI is InChI=1S/C8H13NO.C8H11.C2H7Si.2ClH.Ti/c9-8(10)7-4-5-1-2-6(7)3-5;1-3-8-5-4-7(2)6-8;1-3-2;;;/h5-7H,1-4H2,(H2,9,10);4-5,7H,3H2,1-2H3;3H,1-2H3;2*1H;/q;;;;;+3/p-3. The van der Waals surface area contributed by atoms with Gasteiger partial charge in [0.2, 0.25) is 0 Å². The zero-order valence-electron chi connectivity index (χ0n) is 15.2. The van der Waals surface area contributed by atoms with E-state index in [2.05, 4.69) is 42.9 Å². The second kappa shape index (κ2) is 9.41. The third-order valence-corrected chi connectivity index (χ3v) is 17.3. The zero-order valence-corrected chi connectivity index (χ0v) is 19.5. The van der Waals surface area contributed by atoms with Crippen molar-refractivity contribution < 1.29 is 47.0 Å². The SMILES string of the molecule is CCC1=[C]([Ti+2]([NH]C(=O)C2CC3CCC2C3)[SiH](C)C)C(C)C=C1.[Cl-].[Cl-]. The molecule has 4 atom stereocenters. The summed E-state index contributed by atoms with van der Waals surface area (Å²) in [7, 11) is 0. The number of carbonyl (C=O) groups excluding carboxylic acids is 1. The van der Waals surface area contributed by atoms with Crippen LogP contribution < -0.4 is 28.6 Å². The number of amides is 1. The summed E-state index contributed by atoms with van der Waals surface area (Å²) in [6, 6.07) is 0. The smallest absolute Gasteiger partial charge is 1.00 e. The Morgan fingerprint density at radius 3 is 2.50 bits per heavy atom. The van der Waals surface area contributed by atoms with Crippen molar-refractivity contribution in [1.82, 2.24) is 3.80 Å². The van der Waals surface area contributed by atoms with Gasteiger partial charge in [-0.15, -0.1) is 0 Å². The molecule has 0 saturated heterocycles. The summed E-state index contributed by atoms with van der Waals surface area (Å²) in [6.45, 7) is 8.66. The molecule has 24 heavy (non-hydrogen) atoms. The van der Waals surface area contributed by atoms with Gasteiger partial charge in [0.1, 0.15) is 0 Å². The van der Waals surface area contributed by atoms with Gasteiger partial charge < -0.3 is 24.8 Å². The van der Waals surface area contributed by atoms with Crippen molar-refractivity contribution in [2.45, 2.75) is 59.0 Å². The molecule has 0 radical (unpaired) electrons. The average Bonchev–Trinajstić information content (AvgIpc) is 3.19. The molecule has 4 unspecified atom stereocenters. The first-order valence-electron chi connectivity index (χ1n) is 9.10. The van der Waals surface area contributed by atoms with Crippen LogP contribution in [0.25, 0.3) is 0 Å². The van der Waals surface area contributed by atoms with Crippen molar-refractivity contribution in [3.8, 4) is 0 Å². The molecule has 0 aromatic carbocycles. The van der Waals surface area contributed by atoms with Gasteiger partial charge in [-0.05, 0) is 0 Å². The predicted octanol–water partition coefficient (Wildman–Crippen LogP) is -2.07. The fourth-order valence-corrected chi connectivity index (χ4v) is 15.2. The van der Waals surface area contributed by atoms with Crippen LogP contribution in [0.5, 0.6) is 0 Å². The largest absolute Gasteiger partial charge is 1.00 e. The van der Waals surface area contributed by atoms with Gasteiger partial charge in [0, 0.05) is 0 Å². The van der Waals surface area contributed by atoms with Gasteiger partial charge in [-0.2, -0.15) is 0 Å². The van der Waals surface area contributed by atoms with Gasteiger partial charge in [0.05, 0.1) is 0 Å². The molecular formula is C18H30Cl2NOSiTi. The second-order valence-corrected chi connectivity index (χ2v) is 20.4. The normalized spacial score (nSPS) is 30.4. The molecule has 3 aliphatic carbocycles. The van der Waals surface area contributed by atoms with E-state index < -0.39 is 24.0 Å². The van der Waals surface area contributed by atoms with E-state index in [1.54, 1.807) is 3.88 Å². The van der Waals surface area contributed by atoms with Gasteiger partial charge in [0.15, 0.2) is 0 Å². The Morgan fingerprint density at radius 1 is 1.29 bits per heavy atom. The van der Waals surface area contributed by atoms with Crippen molar-refractivity contribution >= 4 is 12.6 Å². The van der Waals surface area contributed by atoms with E-state index in [1.807, 2.05) is 0 Å². The van der Waals surface area contributed by atoms with Gasteiger partial charge in [-0.25, -0.2) is 0 Å². The third-order valence-electron chi connectivity index (χ3n) is 5.97. The average molecular weight is 423 g/mol. The van der Waals surface area contributed by atoms with Crippen LogP contribution >= 0.6 is 0 Å². The summed E-state index contributed by atoms with van der Waals surface area (Å²) in [4.78, 5) is 12.9. The van der Waals surface area contributed by atoms with Crippen LogP contribution in [0.4, 0.5) is 0 Å². The Balaban J connectivity index is 0.00000144. The zero-order chi connectivity index (χ0) is 15.9. The summed E-state index contributed by atoms with van der Waals surface area (Å²) in [5.74, 6) is 2.92. The quantitative estimate of drug-likeness (QED) is 0.507. The first-order valence-corrected chi connectivity index (χ1v) is 16.3. The first kappa shape index (κ1) is 22.5. The van der Waals surface area contributed by atoms with Crippen molar-refractivity contribution in [1.29, 1.82) is 0 Å². The molecule has 1 N–H and O–H groups in total. The van der Waals surface area contributed by atoms with E-state index >= 15 is 0 Å². The minimum Gasteiger partial charge on any atom is -1.00 e. The molecule has 0 aromatic rings.